The smallest absolute Gasteiger partial charge is 0.259 e. The lowest BCUT2D eigenvalue weighted by atomic mass is 10.1. The minimum atomic E-state index is -0.0453. The molecule has 1 saturated heterocycles. The molecule has 2 heterocycles. The van der Waals surface area contributed by atoms with Gasteiger partial charge in [0, 0.05) is 12.3 Å². The van der Waals surface area contributed by atoms with Gasteiger partial charge in [0.2, 0.25) is 0 Å². The van der Waals surface area contributed by atoms with Crippen LogP contribution < -0.4 is 5.56 Å². The third-order valence-corrected chi connectivity index (χ3v) is 4.54. The first-order chi connectivity index (χ1) is 9.83. The Bertz CT molecular complexity index is 634. The summed E-state index contributed by atoms with van der Waals surface area (Å²) in [6, 6.07) is 7.47. The third-order valence-electron chi connectivity index (χ3n) is 3.69. The van der Waals surface area contributed by atoms with Gasteiger partial charge in [-0.3, -0.25) is 4.79 Å². The van der Waals surface area contributed by atoms with E-state index in [4.69, 9.17) is 0 Å². The van der Waals surface area contributed by atoms with Crippen LogP contribution in [0.4, 0.5) is 0 Å². The van der Waals surface area contributed by atoms with Crippen LogP contribution in [0.5, 0.6) is 0 Å². The molecule has 4 nitrogen and oxygen atoms in total. The maximum atomic E-state index is 11.9. The molecule has 0 aliphatic carbocycles. The predicted octanol–water partition coefficient (Wildman–Crippen LogP) is 2.50. The molecule has 0 atom stereocenters. The van der Waals surface area contributed by atoms with Crippen LogP contribution in [0.25, 0.3) is 10.9 Å². The van der Waals surface area contributed by atoms with Crippen molar-refractivity contribution in [2.75, 3.05) is 25.4 Å². The van der Waals surface area contributed by atoms with Gasteiger partial charge in [0.15, 0.2) is 5.16 Å². The molecular weight excluding hydrogens is 270 g/mol. The number of aromatic amines is 1. The standard InChI is InChI=1S/C15H19N3OS/c19-14-12-6-2-3-7-13(12)16-15(17-14)20-11-10-18-8-4-1-5-9-18/h2-3,6-7H,1,4-5,8-11H2,(H,16,17,19). The normalized spacial score (nSPS) is 16.6. The van der Waals surface area contributed by atoms with Crippen molar-refractivity contribution in [3.8, 4) is 0 Å². The van der Waals surface area contributed by atoms with Crippen molar-refractivity contribution in [1.82, 2.24) is 14.9 Å². The molecule has 5 heteroatoms. The summed E-state index contributed by atoms with van der Waals surface area (Å²) >= 11 is 1.63. The Hall–Kier alpha value is -1.33. The summed E-state index contributed by atoms with van der Waals surface area (Å²) < 4.78 is 0. The number of thioether (sulfide) groups is 1. The first-order valence-corrected chi connectivity index (χ1v) is 8.16. The Balaban J connectivity index is 1.64. The van der Waals surface area contributed by atoms with E-state index in [1.54, 1.807) is 11.8 Å². The van der Waals surface area contributed by atoms with Crippen molar-refractivity contribution in [2.45, 2.75) is 24.4 Å². The fraction of sp³-hybridized carbons (Fsp3) is 0.467. The Labute approximate surface area is 122 Å². The average molecular weight is 289 g/mol. The highest BCUT2D eigenvalue weighted by Gasteiger charge is 2.10. The molecule has 1 fully saturated rings. The highest BCUT2D eigenvalue weighted by Crippen LogP contribution is 2.16. The minimum Gasteiger partial charge on any atom is -0.303 e. The molecule has 20 heavy (non-hydrogen) atoms. The highest BCUT2D eigenvalue weighted by molar-refractivity contribution is 7.99. The summed E-state index contributed by atoms with van der Waals surface area (Å²) in [4.78, 5) is 21.8. The number of nitrogens with zero attached hydrogens (tertiary/aromatic N) is 2. The maximum Gasteiger partial charge on any atom is 0.259 e. The van der Waals surface area contributed by atoms with E-state index in [0.717, 1.165) is 23.0 Å². The summed E-state index contributed by atoms with van der Waals surface area (Å²) in [6.07, 6.45) is 3.99. The van der Waals surface area contributed by atoms with Gasteiger partial charge in [-0.2, -0.15) is 0 Å². The molecule has 1 N–H and O–H groups in total. The molecule has 3 rings (SSSR count). The van der Waals surface area contributed by atoms with Crippen LogP contribution in [-0.2, 0) is 0 Å². The lowest BCUT2D eigenvalue weighted by molar-refractivity contribution is 0.242. The first-order valence-electron chi connectivity index (χ1n) is 7.17. The second kappa shape index (κ2) is 6.41. The van der Waals surface area contributed by atoms with Crippen molar-refractivity contribution in [2.24, 2.45) is 0 Å². The Morgan fingerprint density at radius 3 is 2.85 bits per heavy atom. The molecule has 0 saturated carbocycles. The Morgan fingerprint density at radius 1 is 1.20 bits per heavy atom. The number of H-pyrrole nitrogens is 1. The van der Waals surface area contributed by atoms with Gasteiger partial charge in [-0.05, 0) is 38.1 Å². The van der Waals surface area contributed by atoms with Crippen LogP contribution >= 0.6 is 11.8 Å². The fourth-order valence-electron chi connectivity index (χ4n) is 2.59. The van der Waals surface area contributed by atoms with Crippen LogP contribution in [0.15, 0.2) is 34.2 Å². The first kappa shape index (κ1) is 13.6. The van der Waals surface area contributed by atoms with Crippen LogP contribution in [0.2, 0.25) is 0 Å². The van der Waals surface area contributed by atoms with Crippen LogP contribution in [0.1, 0.15) is 19.3 Å². The van der Waals surface area contributed by atoms with Gasteiger partial charge < -0.3 is 9.88 Å². The SMILES string of the molecule is O=c1[nH]c(SCCN2CCCCC2)nc2ccccc12. The molecule has 1 aliphatic heterocycles. The zero-order chi connectivity index (χ0) is 13.8. The second-order valence-electron chi connectivity index (χ2n) is 5.14. The van der Waals surface area contributed by atoms with Crippen molar-refractivity contribution < 1.29 is 0 Å². The number of likely N-dealkylation sites (tertiary alicyclic amines) is 1. The lowest BCUT2D eigenvalue weighted by Gasteiger charge is -2.25. The van der Waals surface area contributed by atoms with Crippen molar-refractivity contribution >= 4 is 22.7 Å². The number of rotatable bonds is 4. The third kappa shape index (κ3) is 3.22. The van der Waals surface area contributed by atoms with Crippen LogP contribution in [0.3, 0.4) is 0 Å². The number of para-hydroxylation sites is 1. The molecular formula is C15H19N3OS. The fourth-order valence-corrected chi connectivity index (χ4v) is 3.46. The molecule has 0 unspecified atom stereocenters. The number of hydrogen-bond donors (Lipinski definition) is 1. The summed E-state index contributed by atoms with van der Waals surface area (Å²) in [6.45, 7) is 3.49. The molecule has 1 aromatic carbocycles. The largest absolute Gasteiger partial charge is 0.303 e. The lowest BCUT2D eigenvalue weighted by Crippen LogP contribution is -2.31. The number of benzene rings is 1. The summed E-state index contributed by atoms with van der Waals surface area (Å²) in [5.74, 6) is 0.973. The number of hydrogen-bond acceptors (Lipinski definition) is 4. The van der Waals surface area contributed by atoms with Gasteiger partial charge in [-0.15, -0.1) is 0 Å². The molecule has 1 aliphatic rings. The molecule has 0 bridgehead atoms. The van der Waals surface area contributed by atoms with E-state index in [0.29, 0.717) is 5.39 Å². The number of fused-ring (bicyclic) bond motifs is 1. The van der Waals surface area contributed by atoms with E-state index in [1.165, 1.54) is 32.4 Å². The zero-order valence-corrected chi connectivity index (χ0v) is 12.3. The monoisotopic (exact) mass is 289 g/mol. The van der Waals surface area contributed by atoms with Crippen LogP contribution in [-0.4, -0.2) is 40.3 Å². The molecule has 0 amide bonds. The van der Waals surface area contributed by atoms with E-state index in [1.807, 2.05) is 24.3 Å². The molecule has 2 aromatic rings. The molecule has 0 radical (unpaired) electrons. The quantitative estimate of drug-likeness (QED) is 0.694. The van der Waals surface area contributed by atoms with Crippen molar-refractivity contribution in [1.29, 1.82) is 0 Å². The van der Waals surface area contributed by atoms with Gasteiger partial charge >= 0.3 is 0 Å². The Morgan fingerprint density at radius 2 is 2.00 bits per heavy atom. The number of nitrogens with one attached hydrogen (secondary N) is 1. The van der Waals surface area contributed by atoms with Crippen LogP contribution in [0, 0.1) is 0 Å². The average Bonchev–Trinajstić information content (AvgIpc) is 2.48. The second-order valence-corrected chi connectivity index (χ2v) is 6.22. The summed E-state index contributed by atoms with van der Waals surface area (Å²) in [5.41, 5.74) is 0.729. The van der Waals surface area contributed by atoms with E-state index >= 15 is 0 Å². The molecule has 106 valence electrons. The van der Waals surface area contributed by atoms with Crippen molar-refractivity contribution in [3.05, 3.63) is 34.6 Å². The highest BCUT2D eigenvalue weighted by atomic mass is 32.2. The van der Waals surface area contributed by atoms with Gasteiger partial charge in [0.05, 0.1) is 10.9 Å². The number of aromatic nitrogens is 2. The molecule has 0 spiro atoms. The topological polar surface area (TPSA) is 49.0 Å². The van der Waals surface area contributed by atoms with Crippen molar-refractivity contribution in [3.63, 3.8) is 0 Å². The van der Waals surface area contributed by atoms with E-state index in [9.17, 15) is 4.79 Å². The van der Waals surface area contributed by atoms with Gasteiger partial charge in [0.25, 0.3) is 5.56 Å². The van der Waals surface area contributed by atoms with Gasteiger partial charge in [-0.1, -0.05) is 30.3 Å². The summed E-state index contributed by atoms with van der Waals surface area (Å²) in [5, 5.41) is 1.39. The summed E-state index contributed by atoms with van der Waals surface area (Å²) in [7, 11) is 0. The van der Waals surface area contributed by atoms with Gasteiger partial charge in [0.1, 0.15) is 0 Å². The Kier molecular flexibility index (Phi) is 4.38. The number of piperidine rings is 1. The minimum absolute atomic E-state index is 0.0453. The van der Waals surface area contributed by atoms with E-state index in [-0.39, 0.29) is 5.56 Å². The predicted molar refractivity (Wildman–Crippen MR) is 83.4 cm³/mol. The molecule has 1 aromatic heterocycles. The maximum absolute atomic E-state index is 11.9. The van der Waals surface area contributed by atoms with Gasteiger partial charge in [-0.25, -0.2) is 4.98 Å². The van der Waals surface area contributed by atoms with E-state index < -0.39 is 0 Å². The van der Waals surface area contributed by atoms with E-state index in [2.05, 4.69) is 14.9 Å². The zero-order valence-electron chi connectivity index (χ0n) is 11.5.